The Balaban J connectivity index is 1.71. The van der Waals surface area contributed by atoms with Crippen LogP contribution in [-0.2, 0) is 6.54 Å². The second kappa shape index (κ2) is 7.24. The number of fused-ring (bicyclic) bond motifs is 3. The first-order chi connectivity index (χ1) is 13.1. The lowest BCUT2D eigenvalue weighted by Gasteiger charge is -2.29. The van der Waals surface area contributed by atoms with E-state index in [9.17, 15) is 4.79 Å². The Labute approximate surface area is 167 Å². The average molecular weight is 424 g/mol. The molecule has 1 N–H and O–H groups in total. The van der Waals surface area contributed by atoms with Crippen LogP contribution < -0.4 is 5.32 Å². The maximum atomic E-state index is 13.2. The van der Waals surface area contributed by atoms with Gasteiger partial charge in [0.25, 0.3) is 0 Å². The fourth-order valence-corrected chi connectivity index (χ4v) is 4.03. The molecule has 1 aliphatic rings. The third-order valence-corrected chi connectivity index (χ3v) is 6.04. The molecule has 0 aliphatic carbocycles. The lowest BCUT2D eigenvalue weighted by Crippen LogP contribution is -2.37. The van der Waals surface area contributed by atoms with Crippen molar-refractivity contribution >= 4 is 27.6 Å². The van der Waals surface area contributed by atoms with Crippen LogP contribution in [0.5, 0.6) is 0 Å². The number of urea groups is 1. The van der Waals surface area contributed by atoms with E-state index in [0.717, 1.165) is 39.1 Å². The minimum atomic E-state index is -0.0759. The highest BCUT2D eigenvalue weighted by molar-refractivity contribution is 9.10. The fourth-order valence-electron chi connectivity index (χ4n) is 3.78. The zero-order valence-corrected chi connectivity index (χ0v) is 17.0. The number of hydrogen-bond donors (Lipinski definition) is 1. The van der Waals surface area contributed by atoms with Crippen molar-refractivity contribution in [2.24, 2.45) is 0 Å². The first-order valence-corrected chi connectivity index (χ1v) is 9.97. The third-order valence-electron chi connectivity index (χ3n) is 5.15. The molecule has 0 unspecified atom stereocenters. The molecule has 0 radical (unpaired) electrons. The van der Waals surface area contributed by atoms with Crippen molar-refractivity contribution in [2.75, 3.05) is 5.32 Å². The van der Waals surface area contributed by atoms with E-state index >= 15 is 0 Å². The molecule has 5 heteroatoms. The number of rotatable bonds is 2. The molecule has 2 amide bonds. The normalized spacial score (nSPS) is 15.7. The van der Waals surface area contributed by atoms with Gasteiger partial charge in [0.2, 0.25) is 0 Å². The molecule has 138 valence electrons. The Bertz CT molecular complexity index is 995. The Morgan fingerprint density at radius 3 is 2.78 bits per heavy atom. The Morgan fingerprint density at radius 1 is 1.19 bits per heavy atom. The second-order valence-electron chi connectivity index (χ2n) is 6.88. The van der Waals surface area contributed by atoms with E-state index in [1.54, 1.807) is 0 Å². The van der Waals surface area contributed by atoms with E-state index in [-0.39, 0.29) is 12.1 Å². The van der Waals surface area contributed by atoms with Gasteiger partial charge < -0.3 is 14.8 Å². The molecule has 1 aliphatic heterocycles. The lowest BCUT2D eigenvalue weighted by molar-refractivity contribution is 0.181. The van der Waals surface area contributed by atoms with Crippen molar-refractivity contribution in [1.29, 1.82) is 0 Å². The quantitative estimate of drug-likeness (QED) is 0.535. The summed E-state index contributed by atoms with van der Waals surface area (Å²) in [6.45, 7) is 4.73. The van der Waals surface area contributed by atoms with Crippen molar-refractivity contribution in [2.45, 2.75) is 32.9 Å². The average Bonchev–Trinajstić information content (AvgIpc) is 3.09. The topological polar surface area (TPSA) is 37.3 Å². The standard InChI is InChI=1S/C22H22BrN3O/c1-3-19-21-9-6-12-25(21)20-8-5-4-7-16(20)14-26(19)22(27)24-17-10-11-18(23)15(2)13-17/h4-13,19H,3,14H2,1-2H3,(H,24,27)/t19-/m0/s1. The van der Waals surface area contributed by atoms with Crippen LogP contribution in [-0.4, -0.2) is 15.5 Å². The molecule has 4 rings (SSSR count). The largest absolute Gasteiger partial charge is 0.322 e. The third kappa shape index (κ3) is 3.28. The summed E-state index contributed by atoms with van der Waals surface area (Å²) in [7, 11) is 0. The summed E-state index contributed by atoms with van der Waals surface area (Å²) < 4.78 is 3.24. The predicted molar refractivity (Wildman–Crippen MR) is 112 cm³/mol. The van der Waals surface area contributed by atoms with Crippen LogP contribution in [0.4, 0.5) is 10.5 Å². The van der Waals surface area contributed by atoms with E-state index in [1.165, 1.54) is 0 Å². The van der Waals surface area contributed by atoms with E-state index in [1.807, 2.05) is 48.2 Å². The van der Waals surface area contributed by atoms with Gasteiger partial charge in [-0.1, -0.05) is 41.1 Å². The number of halogens is 1. The number of benzene rings is 2. The smallest absolute Gasteiger partial charge is 0.318 e. The molecular weight excluding hydrogens is 402 g/mol. The van der Waals surface area contributed by atoms with Gasteiger partial charge in [0.15, 0.2) is 0 Å². The molecule has 1 atom stereocenters. The minimum Gasteiger partial charge on any atom is -0.318 e. The lowest BCUT2D eigenvalue weighted by atomic mass is 10.1. The van der Waals surface area contributed by atoms with E-state index in [2.05, 4.69) is 57.1 Å². The minimum absolute atomic E-state index is 0.0175. The number of nitrogens with one attached hydrogen (secondary N) is 1. The highest BCUT2D eigenvalue weighted by Crippen LogP contribution is 2.34. The van der Waals surface area contributed by atoms with Gasteiger partial charge in [-0.15, -0.1) is 0 Å². The van der Waals surface area contributed by atoms with Gasteiger partial charge in [-0.2, -0.15) is 0 Å². The number of aromatic nitrogens is 1. The van der Waals surface area contributed by atoms with Gasteiger partial charge in [0.05, 0.1) is 18.3 Å². The zero-order valence-electron chi connectivity index (χ0n) is 15.4. The summed E-state index contributed by atoms with van der Waals surface area (Å²) >= 11 is 3.51. The molecule has 3 aromatic rings. The molecule has 0 saturated heterocycles. The van der Waals surface area contributed by atoms with Crippen LogP contribution in [0.1, 0.15) is 36.2 Å². The molecule has 1 aromatic heterocycles. The fraction of sp³-hybridized carbons (Fsp3) is 0.227. The number of hydrogen-bond acceptors (Lipinski definition) is 1. The molecule has 2 aromatic carbocycles. The Hall–Kier alpha value is -2.53. The molecule has 2 heterocycles. The van der Waals surface area contributed by atoms with Gasteiger partial charge >= 0.3 is 6.03 Å². The van der Waals surface area contributed by atoms with Gasteiger partial charge in [-0.05, 0) is 60.9 Å². The monoisotopic (exact) mass is 423 g/mol. The predicted octanol–water partition coefficient (Wildman–Crippen LogP) is 6.05. The highest BCUT2D eigenvalue weighted by Gasteiger charge is 2.30. The number of carbonyl (C=O) groups is 1. The number of anilines is 1. The van der Waals surface area contributed by atoms with Crippen molar-refractivity contribution in [3.8, 4) is 5.69 Å². The van der Waals surface area contributed by atoms with Gasteiger partial charge in [-0.25, -0.2) is 4.79 Å². The molecule has 0 spiro atoms. The number of nitrogens with zero attached hydrogens (tertiary/aromatic N) is 2. The molecule has 4 nitrogen and oxygen atoms in total. The van der Waals surface area contributed by atoms with E-state index in [4.69, 9.17) is 0 Å². The van der Waals surface area contributed by atoms with Crippen molar-refractivity contribution in [1.82, 2.24) is 9.47 Å². The first-order valence-electron chi connectivity index (χ1n) is 9.17. The summed E-state index contributed by atoms with van der Waals surface area (Å²) in [5, 5.41) is 3.08. The molecular formula is C22H22BrN3O. The van der Waals surface area contributed by atoms with Gasteiger partial charge in [0.1, 0.15) is 0 Å². The van der Waals surface area contributed by atoms with Gasteiger partial charge in [0, 0.05) is 22.1 Å². The van der Waals surface area contributed by atoms with Crippen molar-refractivity contribution in [3.63, 3.8) is 0 Å². The Morgan fingerprint density at radius 2 is 2.00 bits per heavy atom. The van der Waals surface area contributed by atoms with E-state index < -0.39 is 0 Å². The molecule has 0 fully saturated rings. The summed E-state index contributed by atoms with van der Waals surface area (Å²) in [6, 6.07) is 18.3. The molecule has 0 saturated carbocycles. The molecule has 27 heavy (non-hydrogen) atoms. The highest BCUT2D eigenvalue weighted by atomic mass is 79.9. The Kier molecular flexibility index (Phi) is 4.79. The number of carbonyl (C=O) groups excluding carboxylic acids is 1. The summed E-state index contributed by atoms with van der Waals surface area (Å²) in [6.07, 6.45) is 2.93. The van der Waals surface area contributed by atoms with Crippen LogP contribution >= 0.6 is 15.9 Å². The van der Waals surface area contributed by atoms with Crippen molar-refractivity contribution in [3.05, 3.63) is 82.1 Å². The maximum Gasteiger partial charge on any atom is 0.322 e. The van der Waals surface area contributed by atoms with Crippen LogP contribution in [0.3, 0.4) is 0 Å². The zero-order chi connectivity index (χ0) is 19.0. The molecule has 0 bridgehead atoms. The SMILES string of the molecule is CC[C@H]1c2cccn2-c2ccccc2CN1C(=O)Nc1ccc(Br)c(C)c1. The number of para-hydroxylation sites is 1. The van der Waals surface area contributed by atoms with Crippen LogP contribution in [0.15, 0.2) is 65.3 Å². The van der Waals surface area contributed by atoms with E-state index in [0.29, 0.717) is 6.54 Å². The maximum absolute atomic E-state index is 13.2. The first kappa shape index (κ1) is 17.9. The van der Waals surface area contributed by atoms with Gasteiger partial charge in [-0.3, -0.25) is 0 Å². The summed E-state index contributed by atoms with van der Waals surface area (Å²) in [5.41, 5.74) is 5.33. The number of aryl methyl sites for hydroxylation is 1. The summed E-state index contributed by atoms with van der Waals surface area (Å²) in [5.74, 6) is 0. The van der Waals surface area contributed by atoms with Crippen LogP contribution in [0.2, 0.25) is 0 Å². The summed E-state index contributed by atoms with van der Waals surface area (Å²) in [4.78, 5) is 15.2. The van der Waals surface area contributed by atoms with Crippen molar-refractivity contribution < 1.29 is 4.79 Å². The second-order valence-corrected chi connectivity index (χ2v) is 7.73. The van der Waals surface area contributed by atoms with Crippen LogP contribution in [0.25, 0.3) is 5.69 Å². The van der Waals surface area contributed by atoms with Crippen LogP contribution in [0, 0.1) is 6.92 Å². The number of amides is 2.